The summed E-state index contributed by atoms with van der Waals surface area (Å²) in [6.45, 7) is 8.18. The Morgan fingerprint density at radius 3 is 2.53 bits per heavy atom. The van der Waals surface area contributed by atoms with Crippen molar-refractivity contribution in [2.45, 2.75) is 39.8 Å². The van der Waals surface area contributed by atoms with Crippen LogP contribution < -0.4 is 10.5 Å². The quantitative estimate of drug-likeness (QED) is 0.886. The Labute approximate surface area is 101 Å². The van der Waals surface area contributed by atoms with E-state index in [4.69, 9.17) is 10.5 Å². The summed E-state index contributed by atoms with van der Waals surface area (Å²) in [5.41, 5.74) is 7.81. The fourth-order valence-corrected chi connectivity index (χ4v) is 2.00. The summed E-state index contributed by atoms with van der Waals surface area (Å²) in [5.74, 6) is 1.33. The summed E-state index contributed by atoms with van der Waals surface area (Å²) in [6, 6.07) is 6.21. The molecule has 4 nitrogen and oxygen atoms in total. The number of aromatic nitrogens is 2. The van der Waals surface area contributed by atoms with Gasteiger partial charge in [-0.2, -0.15) is 0 Å². The second-order valence-electron chi connectivity index (χ2n) is 4.72. The van der Waals surface area contributed by atoms with Crippen LogP contribution in [-0.2, 0) is 0 Å². The van der Waals surface area contributed by atoms with E-state index >= 15 is 0 Å². The predicted octanol–water partition coefficient (Wildman–Crippen LogP) is 2.99. The highest BCUT2D eigenvalue weighted by Gasteiger charge is 2.14. The molecule has 0 radical (unpaired) electrons. The zero-order chi connectivity index (χ0) is 12.6. The number of hydrogen-bond donors (Lipinski definition) is 1. The molecule has 92 valence electrons. The fourth-order valence-electron chi connectivity index (χ4n) is 2.00. The number of fused-ring (bicyclic) bond motifs is 1. The van der Waals surface area contributed by atoms with E-state index in [0.717, 1.165) is 16.8 Å². The van der Waals surface area contributed by atoms with Crippen LogP contribution in [0.4, 0.5) is 5.95 Å². The maximum atomic E-state index is 5.95. The van der Waals surface area contributed by atoms with Crippen molar-refractivity contribution in [3.8, 4) is 5.75 Å². The Hall–Kier alpha value is -1.71. The molecule has 2 N–H and O–H groups in total. The maximum Gasteiger partial charge on any atom is 0.201 e. The van der Waals surface area contributed by atoms with Crippen molar-refractivity contribution in [2.75, 3.05) is 5.73 Å². The third-order valence-corrected chi connectivity index (χ3v) is 2.59. The minimum absolute atomic E-state index is 0.131. The smallest absolute Gasteiger partial charge is 0.201 e. The molecular weight excluding hydrogens is 214 g/mol. The average Bonchev–Trinajstić information content (AvgIpc) is 2.54. The second-order valence-corrected chi connectivity index (χ2v) is 4.72. The van der Waals surface area contributed by atoms with E-state index in [1.54, 1.807) is 0 Å². The summed E-state index contributed by atoms with van der Waals surface area (Å²) < 4.78 is 7.76. The molecule has 17 heavy (non-hydrogen) atoms. The molecule has 0 aliphatic carbocycles. The van der Waals surface area contributed by atoms with Crippen LogP contribution in [0.25, 0.3) is 11.0 Å². The molecular formula is C13H19N3O. The lowest BCUT2D eigenvalue weighted by Gasteiger charge is -2.12. The number of nitrogens with zero attached hydrogens (tertiary/aromatic N) is 2. The van der Waals surface area contributed by atoms with Crippen LogP contribution >= 0.6 is 0 Å². The SMILES string of the molecule is CC(C)Oc1cccc2c1nc(N)n2C(C)C. The van der Waals surface area contributed by atoms with E-state index in [9.17, 15) is 0 Å². The molecule has 0 aliphatic heterocycles. The standard InChI is InChI=1S/C13H19N3O/c1-8(2)16-10-6-5-7-11(17-9(3)4)12(10)15-13(16)14/h5-9H,1-4H3,(H2,14,15). The van der Waals surface area contributed by atoms with Crippen molar-refractivity contribution in [1.29, 1.82) is 0 Å². The number of nitrogen functional groups attached to an aromatic ring is 1. The zero-order valence-electron chi connectivity index (χ0n) is 10.8. The van der Waals surface area contributed by atoms with Crippen molar-refractivity contribution in [2.24, 2.45) is 0 Å². The summed E-state index contributed by atoms with van der Waals surface area (Å²) in [6.07, 6.45) is 0.131. The van der Waals surface area contributed by atoms with Crippen LogP contribution in [0.2, 0.25) is 0 Å². The number of imidazole rings is 1. The number of para-hydroxylation sites is 1. The lowest BCUT2D eigenvalue weighted by molar-refractivity contribution is 0.245. The van der Waals surface area contributed by atoms with Crippen molar-refractivity contribution < 1.29 is 4.74 Å². The van der Waals surface area contributed by atoms with Crippen LogP contribution in [0.5, 0.6) is 5.75 Å². The van der Waals surface area contributed by atoms with E-state index in [-0.39, 0.29) is 12.1 Å². The predicted molar refractivity (Wildman–Crippen MR) is 70.3 cm³/mol. The fraction of sp³-hybridized carbons (Fsp3) is 0.462. The average molecular weight is 233 g/mol. The van der Waals surface area contributed by atoms with Crippen molar-refractivity contribution in [1.82, 2.24) is 9.55 Å². The van der Waals surface area contributed by atoms with Crippen LogP contribution in [0.1, 0.15) is 33.7 Å². The summed E-state index contributed by atoms with van der Waals surface area (Å²) >= 11 is 0. The van der Waals surface area contributed by atoms with Crippen molar-refractivity contribution >= 4 is 17.0 Å². The molecule has 0 amide bonds. The number of nitrogens with two attached hydrogens (primary N) is 1. The topological polar surface area (TPSA) is 53.1 Å². The number of anilines is 1. The number of hydrogen-bond acceptors (Lipinski definition) is 3. The van der Waals surface area contributed by atoms with E-state index in [0.29, 0.717) is 5.95 Å². The first-order chi connectivity index (χ1) is 8.00. The summed E-state index contributed by atoms with van der Waals surface area (Å²) in [7, 11) is 0. The molecule has 2 aromatic rings. The van der Waals surface area contributed by atoms with Crippen LogP contribution in [0, 0.1) is 0 Å². The Kier molecular flexibility index (Phi) is 2.96. The Morgan fingerprint density at radius 1 is 1.24 bits per heavy atom. The first-order valence-corrected chi connectivity index (χ1v) is 5.93. The largest absolute Gasteiger partial charge is 0.489 e. The second kappa shape index (κ2) is 4.28. The molecule has 0 spiro atoms. The Morgan fingerprint density at radius 2 is 1.94 bits per heavy atom. The lowest BCUT2D eigenvalue weighted by atomic mass is 10.2. The van der Waals surface area contributed by atoms with Gasteiger partial charge in [0.2, 0.25) is 5.95 Å². The molecule has 0 bridgehead atoms. The highest BCUT2D eigenvalue weighted by Crippen LogP contribution is 2.29. The van der Waals surface area contributed by atoms with E-state index in [2.05, 4.69) is 18.8 Å². The number of ether oxygens (including phenoxy) is 1. The van der Waals surface area contributed by atoms with Gasteiger partial charge in [0.25, 0.3) is 0 Å². The Balaban J connectivity index is 2.62. The third-order valence-electron chi connectivity index (χ3n) is 2.59. The van der Waals surface area contributed by atoms with Gasteiger partial charge in [0, 0.05) is 6.04 Å². The van der Waals surface area contributed by atoms with Gasteiger partial charge >= 0.3 is 0 Å². The summed E-state index contributed by atoms with van der Waals surface area (Å²) in [5, 5.41) is 0. The molecule has 4 heteroatoms. The molecule has 0 saturated heterocycles. The molecule has 0 saturated carbocycles. The van der Waals surface area contributed by atoms with E-state index < -0.39 is 0 Å². The zero-order valence-corrected chi connectivity index (χ0v) is 10.8. The normalized spacial score (nSPS) is 11.6. The van der Waals surface area contributed by atoms with Crippen molar-refractivity contribution in [3.05, 3.63) is 18.2 Å². The summed E-state index contributed by atoms with van der Waals surface area (Å²) in [4.78, 5) is 4.40. The van der Waals surface area contributed by atoms with Gasteiger partial charge in [-0.15, -0.1) is 0 Å². The van der Waals surface area contributed by atoms with E-state index in [1.807, 2.05) is 36.6 Å². The Bertz CT molecular complexity index is 529. The monoisotopic (exact) mass is 233 g/mol. The number of benzene rings is 1. The van der Waals surface area contributed by atoms with Gasteiger partial charge in [0.05, 0.1) is 11.6 Å². The minimum atomic E-state index is 0.131. The van der Waals surface area contributed by atoms with Crippen LogP contribution in [0.3, 0.4) is 0 Å². The van der Waals surface area contributed by atoms with Crippen LogP contribution in [0.15, 0.2) is 18.2 Å². The molecule has 2 rings (SSSR count). The van der Waals surface area contributed by atoms with Gasteiger partial charge in [-0.25, -0.2) is 4.98 Å². The first-order valence-electron chi connectivity index (χ1n) is 5.93. The van der Waals surface area contributed by atoms with E-state index in [1.165, 1.54) is 0 Å². The highest BCUT2D eigenvalue weighted by molar-refractivity contribution is 5.84. The van der Waals surface area contributed by atoms with Gasteiger partial charge < -0.3 is 15.0 Å². The lowest BCUT2D eigenvalue weighted by Crippen LogP contribution is -2.06. The minimum Gasteiger partial charge on any atom is -0.489 e. The molecule has 0 fully saturated rings. The van der Waals surface area contributed by atoms with Crippen molar-refractivity contribution in [3.63, 3.8) is 0 Å². The number of rotatable bonds is 3. The molecule has 1 aromatic heterocycles. The van der Waals surface area contributed by atoms with Crippen LogP contribution in [-0.4, -0.2) is 15.7 Å². The van der Waals surface area contributed by atoms with Gasteiger partial charge in [-0.3, -0.25) is 0 Å². The molecule has 0 aliphatic rings. The molecule has 1 aromatic carbocycles. The maximum absolute atomic E-state index is 5.95. The third kappa shape index (κ3) is 2.07. The molecule has 0 atom stereocenters. The van der Waals surface area contributed by atoms with Gasteiger partial charge in [-0.05, 0) is 39.8 Å². The van der Waals surface area contributed by atoms with Gasteiger partial charge in [-0.1, -0.05) is 6.07 Å². The molecule has 0 unspecified atom stereocenters. The van der Waals surface area contributed by atoms with Gasteiger partial charge in [0.1, 0.15) is 11.3 Å². The molecule has 1 heterocycles. The first kappa shape index (κ1) is 11.8. The van der Waals surface area contributed by atoms with Gasteiger partial charge in [0.15, 0.2) is 0 Å². The highest BCUT2D eigenvalue weighted by atomic mass is 16.5.